The van der Waals surface area contributed by atoms with Crippen LogP contribution >= 0.6 is 0 Å². The Morgan fingerprint density at radius 3 is 2.24 bits per heavy atom. The van der Waals surface area contributed by atoms with Crippen molar-refractivity contribution in [2.24, 2.45) is 28.8 Å². The molecule has 0 unspecified atom stereocenters. The summed E-state index contributed by atoms with van der Waals surface area (Å²) >= 11 is 0. The molecule has 0 atom stereocenters. The zero-order valence-corrected chi connectivity index (χ0v) is 12.2. The minimum atomic E-state index is -0.248. The number of carbonyl (C=O) groups excluding carboxylic acids is 1. The standard InChI is InChI=1S/C18H21NO2/c20-17(11-12-4-2-1-3-5-12)21-19-18-15-7-13-6-14(9-15)10-16(18)8-13/h1-5,13-16H,6-11H2. The maximum absolute atomic E-state index is 11.9. The molecule has 0 saturated heterocycles. The van der Waals surface area contributed by atoms with Crippen LogP contribution in [-0.2, 0) is 16.1 Å². The van der Waals surface area contributed by atoms with Crippen LogP contribution in [0, 0.1) is 23.7 Å². The number of hydrogen-bond donors (Lipinski definition) is 0. The van der Waals surface area contributed by atoms with Gasteiger partial charge in [-0.25, -0.2) is 4.79 Å². The first-order chi connectivity index (χ1) is 10.3. The largest absolute Gasteiger partial charge is 0.339 e. The second-order valence-corrected chi connectivity index (χ2v) is 6.95. The van der Waals surface area contributed by atoms with Crippen LogP contribution < -0.4 is 0 Å². The highest BCUT2D eigenvalue weighted by molar-refractivity contribution is 5.91. The average Bonchev–Trinajstić information content (AvgIpc) is 2.47. The van der Waals surface area contributed by atoms with Crippen LogP contribution in [0.2, 0.25) is 0 Å². The van der Waals surface area contributed by atoms with E-state index in [4.69, 9.17) is 4.84 Å². The van der Waals surface area contributed by atoms with Gasteiger partial charge in [0.05, 0.1) is 12.1 Å². The van der Waals surface area contributed by atoms with Gasteiger partial charge in [0.15, 0.2) is 0 Å². The predicted octanol–water partition coefficient (Wildman–Crippen LogP) is 3.58. The SMILES string of the molecule is O=C(Cc1ccccc1)ON=C1C2CC3CC(C2)CC1C3. The molecule has 3 nitrogen and oxygen atoms in total. The van der Waals surface area contributed by atoms with E-state index in [1.165, 1.54) is 37.8 Å². The predicted molar refractivity (Wildman–Crippen MR) is 80.7 cm³/mol. The molecule has 3 heteroatoms. The van der Waals surface area contributed by atoms with E-state index in [0.717, 1.165) is 17.4 Å². The number of oxime groups is 1. The topological polar surface area (TPSA) is 38.7 Å². The lowest BCUT2D eigenvalue weighted by Crippen LogP contribution is -2.45. The Balaban J connectivity index is 1.40. The van der Waals surface area contributed by atoms with E-state index >= 15 is 0 Å². The van der Waals surface area contributed by atoms with Gasteiger partial charge in [0.2, 0.25) is 0 Å². The molecular weight excluding hydrogens is 262 g/mol. The number of rotatable bonds is 3. The van der Waals surface area contributed by atoms with Gasteiger partial charge >= 0.3 is 5.97 Å². The summed E-state index contributed by atoms with van der Waals surface area (Å²) in [6.07, 6.45) is 6.79. The van der Waals surface area contributed by atoms with Crippen molar-refractivity contribution < 1.29 is 9.63 Å². The summed E-state index contributed by atoms with van der Waals surface area (Å²) in [5, 5.41) is 4.29. The van der Waals surface area contributed by atoms with Crippen molar-refractivity contribution >= 4 is 11.7 Å². The zero-order chi connectivity index (χ0) is 14.2. The maximum Gasteiger partial charge on any atom is 0.339 e. The fourth-order valence-corrected chi connectivity index (χ4v) is 4.71. The molecule has 4 bridgehead atoms. The minimum absolute atomic E-state index is 0.248. The van der Waals surface area contributed by atoms with Gasteiger partial charge in [0.25, 0.3) is 0 Å². The monoisotopic (exact) mass is 283 g/mol. The fraction of sp³-hybridized carbons (Fsp3) is 0.556. The lowest BCUT2D eigenvalue weighted by Gasteiger charge is -2.49. The Bertz CT molecular complexity index is 534. The molecule has 1 aromatic carbocycles. The summed E-state index contributed by atoms with van der Waals surface area (Å²) in [7, 11) is 0. The van der Waals surface area contributed by atoms with E-state index in [-0.39, 0.29) is 5.97 Å². The van der Waals surface area contributed by atoms with E-state index in [1.807, 2.05) is 30.3 Å². The van der Waals surface area contributed by atoms with Crippen molar-refractivity contribution in [2.45, 2.75) is 38.5 Å². The second-order valence-electron chi connectivity index (χ2n) is 6.95. The normalized spacial score (nSPS) is 33.0. The second kappa shape index (κ2) is 5.28. The molecule has 21 heavy (non-hydrogen) atoms. The molecule has 4 saturated carbocycles. The van der Waals surface area contributed by atoms with Crippen LogP contribution in [0.5, 0.6) is 0 Å². The molecule has 5 rings (SSSR count). The number of carbonyl (C=O) groups is 1. The van der Waals surface area contributed by atoms with Crippen LogP contribution in [0.15, 0.2) is 35.5 Å². The molecule has 4 aliphatic rings. The van der Waals surface area contributed by atoms with Gasteiger partial charge in [0, 0.05) is 11.8 Å². The lowest BCUT2D eigenvalue weighted by molar-refractivity contribution is -0.143. The maximum atomic E-state index is 11.9. The smallest absolute Gasteiger partial charge is 0.318 e. The third-order valence-electron chi connectivity index (χ3n) is 5.42. The van der Waals surface area contributed by atoms with Crippen molar-refractivity contribution in [2.75, 3.05) is 0 Å². The van der Waals surface area contributed by atoms with Crippen molar-refractivity contribution in [3.05, 3.63) is 35.9 Å². The highest BCUT2D eigenvalue weighted by Gasteiger charge is 2.46. The molecule has 1 aromatic rings. The molecule has 0 heterocycles. The Hall–Kier alpha value is -1.64. The van der Waals surface area contributed by atoms with E-state index in [1.54, 1.807) is 0 Å². The van der Waals surface area contributed by atoms with Gasteiger partial charge in [0.1, 0.15) is 0 Å². The number of benzene rings is 1. The highest BCUT2D eigenvalue weighted by atomic mass is 16.7. The summed E-state index contributed by atoms with van der Waals surface area (Å²) in [6.45, 7) is 0. The van der Waals surface area contributed by atoms with Gasteiger partial charge in [-0.2, -0.15) is 0 Å². The number of hydrogen-bond acceptors (Lipinski definition) is 3. The van der Waals surface area contributed by atoms with Crippen molar-refractivity contribution in [3.63, 3.8) is 0 Å². The van der Waals surface area contributed by atoms with Crippen LogP contribution in [0.25, 0.3) is 0 Å². The van der Waals surface area contributed by atoms with E-state index in [0.29, 0.717) is 18.3 Å². The fourth-order valence-electron chi connectivity index (χ4n) is 4.71. The van der Waals surface area contributed by atoms with Crippen LogP contribution in [0.3, 0.4) is 0 Å². The Morgan fingerprint density at radius 1 is 1.00 bits per heavy atom. The summed E-state index contributed by atoms with van der Waals surface area (Å²) in [6, 6.07) is 9.71. The third kappa shape index (κ3) is 2.61. The molecule has 4 fully saturated rings. The average molecular weight is 283 g/mol. The summed E-state index contributed by atoms with van der Waals surface area (Å²) in [4.78, 5) is 17.1. The van der Waals surface area contributed by atoms with Gasteiger partial charge < -0.3 is 4.84 Å². The molecule has 0 aromatic heterocycles. The van der Waals surface area contributed by atoms with Crippen molar-refractivity contribution in [3.8, 4) is 0 Å². The Morgan fingerprint density at radius 2 is 1.62 bits per heavy atom. The molecular formula is C18H21NO2. The Kier molecular flexibility index (Phi) is 3.28. The molecule has 4 aliphatic carbocycles. The third-order valence-corrected chi connectivity index (χ3v) is 5.42. The summed E-state index contributed by atoms with van der Waals surface area (Å²) < 4.78 is 0. The summed E-state index contributed by atoms with van der Waals surface area (Å²) in [5.41, 5.74) is 2.16. The Labute approximate surface area is 125 Å². The van der Waals surface area contributed by atoms with Crippen molar-refractivity contribution in [1.82, 2.24) is 0 Å². The molecule has 110 valence electrons. The summed E-state index contributed by atoms with van der Waals surface area (Å²) in [5.74, 6) is 2.75. The molecule has 0 radical (unpaired) electrons. The molecule has 0 spiro atoms. The van der Waals surface area contributed by atoms with Gasteiger partial charge in [-0.3, -0.25) is 0 Å². The molecule has 0 amide bonds. The zero-order valence-electron chi connectivity index (χ0n) is 12.2. The van der Waals surface area contributed by atoms with Crippen molar-refractivity contribution in [1.29, 1.82) is 0 Å². The van der Waals surface area contributed by atoms with E-state index < -0.39 is 0 Å². The van der Waals surface area contributed by atoms with E-state index in [9.17, 15) is 4.79 Å². The first-order valence-corrected chi connectivity index (χ1v) is 8.09. The quantitative estimate of drug-likeness (QED) is 0.628. The van der Waals surface area contributed by atoms with Crippen LogP contribution in [0.4, 0.5) is 0 Å². The van der Waals surface area contributed by atoms with Gasteiger partial charge in [-0.05, 0) is 49.5 Å². The van der Waals surface area contributed by atoms with Crippen LogP contribution in [-0.4, -0.2) is 11.7 Å². The van der Waals surface area contributed by atoms with E-state index in [2.05, 4.69) is 5.16 Å². The molecule has 0 N–H and O–H groups in total. The van der Waals surface area contributed by atoms with Gasteiger partial charge in [-0.15, -0.1) is 0 Å². The first kappa shape index (κ1) is 13.1. The van der Waals surface area contributed by atoms with Gasteiger partial charge in [-0.1, -0.05) is 35.5 Å². The molecule has 0 aliphatic heterocycles. The minimum Gasteiger partial charge on any atom is -0.318 e. The lowest BCUT2D eigenvalue weighted by atomic mass is 9.55. The first-order valence-electron chi connectivity index (χ1n) is 8.09. The number of nitrogens with zero attached hydrogens (tertiary/aromatic N) is 1. The highest BCUT2D eigenvalue weighted by Crippen LogP contribution is 2.52. The van der Waals surface area contributed by atoms with Crippen LogP contribution in [0.1, 0.15) is 37.7 Å².